The fourth-order valence-electron chi connectivity index (χ4n) is 2.65. The van der Waals surface area contributed by atoms with Gasteiger partial charge in [0.2, 0.25) is 0 Å². The number of anilines is 1. The highest BCUT2D eigenvalue weighted by Gasteiger charge is 2.15. The van der Waals surface area contributed by atoms with Crippen LogP contribution in [0.5, 0.6) is 0 Å². The third-order valence-corrected chi connectivity index (χ3v) is 3.92. The number of carbonyl (C=O) groups excluding carboxylic acids is 1. The monoisotopic (exact) mass is 366 g/mol. The first-order valence-electron chi connectivity index (χ1n) is 8.13. The molecule has 138 valence electrons. The number of hydrogen-bond donors (Lipinski definition) is 1. The van der Waals surface area contributed by atoms with Crippen molar-refractivity contribution >= 4 is 34.5 Å². The van der Waals surface area contributed by atoms with Crippen LogP contribution in [0.15, 0.2) is 53.9 Å². The number of para-hydroxylation sites is 2. The zero-order valence-electron chi connectivity index (χ0n) is 14.9. The Kier molecular flexibility index (Phi) is 5.11. The van der Waals surface area contributed by atoms with Crippen LogP contribution in [0.2, 0.25) is 0 Å². The molecule has 0 spiro atoms. The molecule has 0 radical (unpaired) electrons. The smallest absolute Gasteiger partial charge is 0.293 e. The molecule has 0 aliphatic heterocycles. The minimum absolute atomic E-state index is 0.0276. The molecule has 0 saturated heterocycles. The number of fused-ring (bicyclic) bond motifs is 1. The van der Waals surface area contributed by atoms with E-state index in [4.69, 9.17) is 0 Å². The molecule has 1 amide bonds. The molecule has 1 aromatic heterocycles. The van der Waals surface area contributed by atoms with Crippen molar-refractivity contribution < 1.29 is 9.72 Å². The number of amides is 1. The Morgan fingerprint density at radius 2 is 2.11 bits per heavy atom. The normalized spacial score (nSPS) is 11.0. The average molecular weight is 366 g/mol. The van der Waals surface area contributed by atoms with E-state index in [1.807, 2.05) is 24.3 Å². The van der Waals surface area contributed by atoms with Crippen LogP contribution in [0.25, 0.3) is 11.0 Å². The largest absolute Gasteiger partial charge is 0.372 e. The van der Waals surface area contributed by atoms with Gasteiger partial charge in [0.05, 0.1) is 28.5 Å². The number of nitrogens with one attached hydrogen (secondary N) is 1. The quantitative estimate of drug-likeness (QED) is 0.409. The number of hydrogen-bond acceptors (Lipinski definition) is 6. The first-order chi connectivity index (χ1) is 13.0. The zero-order chi connectivity index (χ0) is 19.4. The summed E-state index contributed by atoms with van der Waals surface area (Å²) in [6.45, 7) is 0.0670. The molecule has 0 fully saturated rings. The van der Waals surface area contributed by atoms with Crippen molar-refractivity contribution in [2.45, 2.75) is 6.54 Å². The Labute approximate surface area is 155 Å². The number of imidazole rings is 1. The standard InChI is InChI=1S/C18H18N6O3/c1-22(2)16-8-7-13(9-17(16)24(26)27)10-20-21-18(25)11-23-12-19-14-5-3-4-6-15(14)23/h3-10,12H,11H2,1-2H3,(H,21,25)/b20-10-. The maximum absolute atomic E-state index is 12.1. The molecule has 0 aliphatic rings. The van der Waals surface area contributed by atoms with Gasteiger partial charge in [0.25, 0.3) is 11.6 Å². The SMILES string of the molecule is CN(C)c1ccc(/C=N\NC(=O)Cn2cnc3ccccc32)cc1[N+](=O)[O-]. The van der Waals surface area contributed by atoms with Crippen LogP contribution in [0.3, 0.4) is 0 Å². The molecule has 0 saturated carbocycles. The van der Waals surface area contributed by atoms with Gasteiger partial charge in [0.1, 0.15) is 12.2 Å². The summed E-state index contributed by atoms with van der Waals surface area (Å²) < 4.78 is 1.72. The topological polar surface area (TPSA) is 106 Å². The Bertz CT molecular complexity index is 1020. The molecule has 9 nitrogen and oxygen atoms in total. The molecule has 0 atom stereocenters. The van der Waals surface area contributed by atoms with E-state index in [-0.39, 0.29) is 18.1 Å². The first kappa shape index (κ1) is 18.1. The summed E-state index contributed by atoms with van der Waals surface area (Å²) >= 11 is 0. The summed E-state index contributed by atoms with van der Waals surface area (Å²) in [4.78, 5) is 28.7. The molecule has 0 bridgehead atoms. The van der Waals surface area contributed by atoms with Crippen molar-refractivity contribution in [2.75, 3.05) is 19.0 Å². The maximum Gasteiger partial charge on any atom is 0.293 e. The van der Waals surface area contributed by atoms with Crippen LogP contribution >= 0.6 is 0 Å². The second kappa shape index (κ2) is 7.65. The van der Waals surface area contributed by atoms with Gasteiger partial charge >= 0.3 is 0 Å². The third-order valence-electron chi connectivity index (χ3n) is 3.92. The van der Waals surface area contributed by atoms with Crippen molar-refractivity contribution in [3.05, 3.63) is 64.5 Å². The number of nitrogens with zero attached hydrogens (tertiary/aromatic N) is 5. The molecule has 0 aliphatic carbocycles. The van der Waals surface area contributed by atoms with Gasteiger partial charge < -0.3 is 9.47 Å². The van der Waals surface area contributed by atoms with E-state index in [9.17, 15) is 14.9 Å². The van der Waals surface area contributed by atoms with Gasteiger partial charge in [-0.3, -0.25) is 14.9 Å². The first-order valence-corrected chi connectivity index (χ1v) is 8.13. The molecule has 1 heterocycles. The van der Waals surface area contributed by atoms with Crippen molar-refractivity contribution in [3.8, 4) is 0 Å². The van der Waals surface area contributed by atoms with Crippen LogP contribution in [0, 0.1) is 10.1 Å². The number of hydrazone groups is 1. The van der Waals surface area contributed by atoms with E-state index in [1.54, 1.807) is 42.0 Å². The van der Waals surface area contributed by atoms with Gasteiger partial charge in [-0.25, -0.2) is 10.4 Å². The lowest BCUT2D eigenvalue weighted by atomic mass is 10.2. The van der Waals surface area contributed by atoms with Crippen LogP contribution in [0.1, 0.15) is 5.56 Å². The molecule has 27 heavy (non-hydrogen) atoms. The molecule has 3 rings (SSSR count). The maximum atomic E-state index is 12.1. The number of nitro groups is 1. The summed E-state index contributed by atoms with van der Waals surface area (Å²) in [5, 5.41) is 15.1. The number of rotatable bonds is 6. The van der Waals surface area contributed by atoms with Crippen molar-refractivity contribution in [3.63, 3.8) is 0 Å². The average Bonchev–Trinajstić information content (AvgIpc) is 3.04. The number of benzene rings is 2. The van der Waals surface area contributed by atoms with Gasteiger partial charge in [0.15, 0.2) is 0 Å². The van der Waals surface area contributed by atoms with Gasteiger partial charge in [-0.05, 0) is 18.2 Å². The molecule has 1 N–H and O–H groups in total. The van der Waals surface area contributed by atoms with E-state index in [0.29, 0.717) is 11.3 Å². The lowest BCUT2D eigenvalue weighted by Gasteiger charge is -2.12. The van der Waals surface area contributed by atoms with Gasteiger partial charge in [-0.2, -0.15) is 5.10 Å². The van der Waals surface area contributed by atoms with Crippen molar-refractivity contribution in [2.24, 2.45) is 5.10 Å². The minimum atomic E-state index is -0.449. The summed E-state index contributed by atoms with van der Waals surface area (Å²) in [6, 6.07) is 12.2. The third kappa shape index (κ3) is 4.09. The van der Waals surface area contributed by atoms with E-state index in [1.165, 1.54) is 12.3 Å². The molecular formula is C18H18N6O3. The summed E-state index contributed by atoms with van der Waals surface area (Å²) in [5.74, 6) is -0.325. The predicted molar refractivity (Wildman–Crippen MR) is 103 cm³/mol. The highest BCUT2D eigenvalue weighted by molar-refractivity contribution is 5.85. The molecule has 2 aromatic carbocycles. The second-order valence-electron chi connectivity index (χ2n) is 6.05. The number of carbonyl (C=O) groups is 1. The number of nitro benzene ring substituents is 1. The van der Waals surface area contributed by atoms with Crippen LogP contribution in [0.4, 0.5) is 11.4 Å². The Balaban J connectivity index is 1.67. The van der Waals surface area contributed by atoms with Crippen LogP contribution < -0.4 is 10.3 Å². The molecular weight excluding hydrogens is 348 g/mol. The molecule has 3 aromatic rings. The Morgan fingerprint density at radius 1 is 1.33 bits per heavy atom. The van der Waals surface area contributed by atoms with Gasteiger partial charge in [0, 0.05) is 25.7 Å². The van der Waals surface area contributed by atoms with Gasteiger partial charge in [-0.15, -0.1) is 0 Å². The Hall–Kier alpha value is -3.75. The summed E-state index contributed by atoms with van der Waals surface area (Å²) in [6.07, 6.45) is 2.97. The molecule has 9 heteroatoms. The number of aromatic nitrogens is 2. The zero-order valence-corrected chi connectivity index (χ0v) is 14.9. The van der Waals surface area contributed by atoms with E-state index in [0.717, 1.165) is 11.0 Å². The van der Waals surface area contributed by atoms with E-state index >= 15 is 0 Å². The summed E-state index contributed by atoms with van der Waals surface area (Å²) in [7, 11) is 3.46. The van der Waals surface area contributed by atoms with Crippen molar-refractivity contribution in [1.82, 2.24) is 15.0 Å². The van der Waals surface area contributed by atoms with Crippen molar-refractivity contribution in [1.29, 1.82) is 0 Å². The van der Waals surface area contributed by atoms with Crippen LogP contribution in [-0.2, 0) is 11.3 Å². The van der Waals surface area contributed by atoms with Crippen LogP contribution in [-0.4, -0.2) is 40.7 Å². The highest BCUT2D eigenvalue weighted by atomic mass is 16.6. The summed E-state index contributed by atoms with van der Waals surface area (Å²) in [5.41, 5.74) is 5.06. The van der Waals surface area contributed by atoms with E-state index < -0.39 is 4.92 Å². The second-order valence-corrected chi connectivity index (χ2v) is 6.05. The molecule has 0 unspecified atom stereocenters. The van der Waals surface area contributed by atoms with Gasteiger partial charge in [-0.1, -0.05) is 18.2 Å². The lowest BCUT2D eigenvalue weighted by molar-refractivity contribution is -0.384. The predicted octanol–water partition coefficient (Wildman–Crippen LogP) is 2.16. The fourth-order valence-corrected chi connectivity index (χ4v) is 2.65. The minimum Gasteiger partial charge on any atom is -0.372 e. The highest BCUT2D eigenvalue weighted by Crippen LogP contribution is 2.27. The Morgan fingerprint density at radius 3 is 2.85 bits per heavy atom. The van der Waals surface area contributed by atoms with E-state index in [2.05, 4.69) is 15.5 Å². The lowest BCUT2D eigenvalue weighted by Crippen LogP contribution is -2.22. The fraction of sp³-hybridized carbons (Fsp3) is 0.167.